The van der Waals surface area contributed by atoms with Crippen molar-refractivity contribution >= 4 is 47.8 Å². The van der Waals surface area contributed by atoms with E-state index in [9.17, 15) is 0 Å². The Kier molecular flexibility index (Phi) is 7.64. The number of hydrogen-bond donors (Lipinski definition) is 0. The molecule has 0 fully saturated rings. The summed E-state index contributed by atoms with van der Waals surface area (Å²) in [6.45, 7) is 0. The van der Waals surface area contributed by atoms with Gasteiger partial charge in [-0.1, -0.05) is 164 Å². The fraction of sp³-hybridized carbons (Fsp3) is 0. The predicted molar refractivity (Wildman–Crippen MR) is 234 cm³/mol. The molecule has 0 radical (unpaired) electrons. The Morgan fingerprint density at radius 3 is 1.75 bits per heavy atom. The van der Waals surface area contributed by atoms with Gasteiger partial charge >= 0.3 is 0 Å². The fourth-order valence-corrected chi connectivity index (χ4v) is 9.10. The Morgan fingerprint density at radius 1 is 0.393 bits per heavy atom. The highest BCUT2D eigenvalue weighted by Crippen LogP contribution is 2.42. The molecule has 0 atom stereocenters. The first-order valence-electron chi connectivity index (χ1n) is 18.8. The molecule has 11 aromatic rings. The van der Waals surface area contributed by atoms with Gasteiger partial charge in [-0.25, -0.2) is 14.5 Å². The smallest absolute Gasteiger partial charge is 0.160 e. The number of thiophene rings is 1. The van der Waals surface area contributed by atoms with E-state index in [1.54, 1.807) is 0 Å². The molecular weight excluding hydrogens is 701 g/mol. The summed E-state index contributed by atoms with van der Waals surface area (Å²) in [6.07, 6.45) is 0. The number of fused-ring (bicyclic) bond motifs is 6. The zero-order chi connectivity index (χ0) is 37.0. The van der Waals surface area contributed by atoms with Crippen LogP contribution in [-0.2, 0) is 0 Å². The molecule has 0 aliphatic rings. The highest BCUT2D eigenvalue weighted by molar-refractivity contribution is 7.25. The van der Waals surface area contributed by atoms with Crippen molar-refractivity contribution in [3.8, 4) is 67.5 Å². The Balaban J connectivity index is 1.14. The topological polar surface area (TPSA) is 43.1 Å². The SMILES string of the molecule is c1ccc(-c2nc(-c3cccc(-c4c(-c5ccccc5)nn5c(-c6ccccc6)cc6ccccc6c45)c3)cc(-c3ccc4c(c3)sc3ccccc34)n2)cc1. The van der Waals surface area contributed by atoms with Crippen LogP contribution in [0.25, 0.3) is 104 Å². The molecule has 11 rings (SSSR count). The summed E-state index contributed by atoms with van der Waals surface area (Å²) in [7, 11) is 0. The van der Waals surface area contributed by atoms with Crippen LogP contribution < -0.4 is 0 Å². The van der Waals surface area contributed by atoms with Crippen LogP contribution in [-0.4, -0.2) is 19.6 Å². The highest BCUT2D eigenvalue weighted by atomic mass is 32.1. The number of rotatable bonds is 6. The van der Waals surface area contributed by atoms with Gasteiger partial charge < -0.3 is 0 Å². The van der Waals surface area contributed by atoms with Crippen molar-refractivity contribution in [3.05, 3.63) is 194 Å². The fourth-order valence-electron chi connectivity index (χ4n) is 7.95. The standard InChI is InChI=1S/C51H32N4S/c1-4-15-33(16-5-1)45-30-36-21-10-11-24-40(36)50-48(49(54-55(45)50)34-17-6-2-7-18-34)39-23-14-22-37(29-39)43-32-44(53-51(52-43)35-19-8-3-9-20-35)38-27-28-42-41-25-12-13-26-46(41)56-47(42)31-38/h1-32H. The van der Waals surface area contributed by atoms with Crippen LogP contribution >= 0.6 is 11.3 Å². The van der Waals surface area contributed by atoms with E-state index in [2.05, 4.69) is 180 Å². The molecule has 0 N–H and O–H groups in total. The minimum absolute atomic E-state index is 0.694. The van der Waals surface area contributed by atoms with Crippen LogP contribution in [0.5, 0.6) is 0 Å². The van der Waals surface area contributed by atoms with Crippen LogP contribution in [0.4, 0.5) is 0 Å². The summed E-state index contributed by atoms with van der Waals surface area (Å²) >= 11 is 1.82. The van der Waals surface area contributed by atoms with E-state index in [4.69, 9.17) is 15.1 Å². The molecule has 262 valence electrons. The molecule has 4 aromatic heterocycles. The van der Waals surface area contributed by atoms with Crippen LogP contribution in [0.15, 0.2) is 194 Å². The van der Waals surface area contributed by atoms with Crippen molar-refractivity contribution in [2.75, 3.05) is 0 Å². The van der Waals surface area contributed by atoms with Gasteiger partial charge in [0, 0.05) is 58.9 Å². The van der Waals surface area contributed by atoms with Gasteiger partial charge in [-0.3, -0.25) is 0 Å². The van der Waals surface area contributed by atoms with Gasteiger partial charge in [0.15, 0.2) is 5.82 Å². The average molecular weight is 733 g/mol. The van der Waals surface area contributed by atoms with Crippen LogP contribution in [0.3, 0.4) is 0 Å². The number of nitrogens with zero attached hydrogens (tertiary/aromatic N) is 4. The molecule has 0 aliphatic carbocycles. The molecule has 7 aromatic carbocycles. The maximum Gasteiger partial charge on any atom is 0.160 e. The summed E-state index contributed by atoms with van der Waals surface area (Å²) in [5.41, 5.74) is 12.2. The molecule has 5 heteroatoms. The molecule has 0 amide bonds. The molecule has 0 saturated carbocycles. The number of pyridine rings is 1. The predicted octanol–water partition coefficient (Wildman–Crippen LogP) is 13.6. The molecule has 0 unspecified atom stereocenters. The van der Waals surface area contributed by atoms with Crippen molar-refractivity contribution in [2.24, 2.45) is 0 Å². The van der Waals surface area contributed by atoms with E-state index in [-0.39, 0.29) is 0 Å². The van der Waals surface area contributed by atoms with E-state index in [1.165, 1.54) is 25.6 Å². The lowest BCUT2D eigenvalue weighted by atomic mass is 9.95. The van der Waals surface area contributed by atoms with Gasteiger partial charge in [0.2, 0.25) is 0 Å². The zero-order valence-electron chi connectivity index (χ0n) is 30.2. The molecule has 56 heavy (non-hydrogen) atoms. The Labute approximate surface area is 327 Å². The highest BCUT2D eigenvalue weighted by Gasteiger charge is 2.22. The van der Waals surface area contributed by atoms with E-state index in [0.717, 1.165) is 72.6 Å². The number of benzene rings is 7. The second-order valence-corrected chi connectivity index (χ2v) is 15.1. The second-order valence-electron chi connectivity index (χ2n) is 14.1. The molecule has 0 bridgehead atoms. The second kappa shape index (κ2) is 13.3. The van der Waals surface area contributed by atoms with Gasteiger partial charge in [-0.15, -0.1) is 11.3 Å². The van der Waals surface area contributed by atoms with E-state index < -0.39 is 0 Å². The maximum atomic E-state index is 5.43. The lowest BCUT2D eigenvalue weighted by Gasteiger charge is -2.12. The van der Waals surface area contributed by atoms with Gasteiger partial charge in [0.05, 0.1) is 22.6 Å². The van der Waals surface area contributed by atoms with E-state index >= 15 is 0 Å². The maximum absolute atomic E-state index is 5.43. The monoisotopic (exact) mass is 732 g/mol. The minimum Gasteiger partial charge on any atom is -0.231 e. The first kappa shape index (κ1) is 32.2. The van der Waals surface area contributed by atoms with E-state index in [1.807, 2.05) is 29.5 Å². The van der Waals surface area contributed by atoms with Gasteiger partial charge in [0.25, 0.3) is 0 Å². The molecule has 0 aliphatic heterocycles. The van der Waals surface area contributed by atoms with Gasteiger partial charge in [-0.2, -0.15) is 5.10 Å². The molecule has 4 heterocycles. The molecule has 0 saturated heterocycles. The van der Waals surface area contributed by atoms with Gasteiger partial charge in [0.1, 0.15) is 5.69 Å². The van der Waals surface area contributed by atoms with Crippen LogP contribution in [0.2, 0.25) is 0 Å². The molecule has 4 nitrogen and oxygen atoms in total. The summed E-state index contributed by atoms with van der Waals surface area (Å²) in [6, 6.07) is 68.4. The third kappa shape index (κ3) is 5.48. The summed E-state index contributed by atoms with van der Waals surface area (Å²) < 4.78 is 4.68. The molecular formula is C51H32N4S. The summed E-state index contributed by atoms with van der Waals surface area (Å²) in [5.74, 6) is 0.694. The Bertz CT molecular complexity index is 3240. The summed E-state index contributed by atoms with van der Waals surface area (Å²) in [5, 5.41) is 10.3. The van der Waals surface area contributed by atoms with Crippen molar-refractivity contribution in [1.29, 1.82) is 0 Å². The van der Waals surface area contributed by atoms with Gasteiger partial charge in [-0.05, 0) is 41.3 Å². The number of hydrogen-bond acceptors (Lipinski definition) is 4. The third-order valence-electron chi connectivity index (χ3n) is 10.6. The Hall–Kier alpha value is -7.21. The van der Waals surface area contributed by atoms with Crippen LogP contribution in [0.1, 0.15) is 0 Å². The first-order chi connectivity index (χ1) is 27.7. The average Bonchev–Trinajstić information content (AvgIpc) is 3.86. The Morgan fingerprint density at radius 2 is 0.982 bits per heavy atom. The zero-order valence-corrected chi connectivity index (χ0v) is 31.0. The normalized spacial score (nSPS) is 11.6. The minimum atomic E-state index is 0.694. The summed E-state index contributed by atoms with van der Waals surface area (Å²) in [4.78, 5) is 10.4. The number of aromatic nitrogens is 4. The lowest BCUT2D eigenvalue weighted by Crippen LogP contribution is -1.96. The quantitative estimate of drug-likeness (QED) is 0.171. The third-order valence-corrected chi connectivity index (χ3v) is 11.8. The van der Waals surface area contributed by atoms with Crippen molar-refractivity contribution in [2.45, 2.75) is 0 Å². The largest absolute Gasteiger partial charge is 0.231 e. The van der Waals surface area contributed by atoms with E-state index in [0.29, 0.717) is 5.82 Å². The molecule has 0 spiro atoms. The van der Waals surface area contributed by atoms with Crippen LogP contribution in [0, 0.1) is 0 Å². The van der Waals surface area contributed by atoms with Crippen molar-refractivity contribution in [3.63, 3.8) is 0 Å². The first-order valence-corrected chi connectivity index (χ1v) is 19.6. The van der Waals surface area contributed by atoms with Crippen molar-refractivity contribution < 1.29 is 0 Å². The lowest BCUT2D eigenvalue weighted by molar-refractivity contribution is 0.979. The van der Waals surface area contributed by atoms with Crippen molar-refractivity contribution in [1.82, 2.24) is 19.6 Å².